The van der Waals surface area contributed by atoms with E-state index in [1.54, 1.807) is 5.30 Å². The molecule has 2 saturated heterocycles. The summed E-state index contributed by atoms with van der Waals surface area (Å²) in [5, 5.41) is 2.78. The van der Waals surface area contributed by atoms with Gasteiger partial charge in [0, 0.05) is 0 Å². The van der Waals surface area contributed by atoms with E-state index in [1.807, 2.05) is 0 Å². The average Bonchev–Trinajstić information content (AvgIpc) is 3.23. The first-order valence-electron chi connectivity index (χ1n) is 11.0. The van der Waals surface area contributed by atoms with Crippen molar-refractivity contribution < 1.29 is 0 Å². The third-order valence-corrected chi connectivity index (χ3v) is 17.5. The zero-order chi connectivity index (χ0) is 19.7. The van der Waals surface area contributed by atoms with Crippen LogP contribution in [0.3, 0.4) is 0 Å². The number of benzene rings is 1. The lowest BCUT2D eigenvalue weighted by molar-refractivity contribution is 0.766. The van der Waals surface area contributed by atoms with Gasteiger partial charge in [0.1, 0.15) is 0 Å². The Labute approximate surface area is 172 Å². The molecule has 0 spiro atoms. The van der Waals surface area contributed by atoms with Crippen LogP contribution in [-0.4, -0.2) is 46.3 Å². The smallest absolute Gasteiger partial charge is 0.0162 e. The van der Waals surface area contributed by atoms with Crippen molar-refractivity contribution in [3.05, 3.63) is 30.3 Å². The van der Waals surface area contributed by atoms with E-state index >= 15 is 0 Å². The topological polar surface area (TPSA) is 0 Å². The van der Waals surface area contributed by atoms with Gasteiger partial charge in [-0.25, -0.2) is 0 Å². The summed E-state index contributed by atoms with van der Waals surface area (Å²) in [6.45, 7) is 15.1. The van der Waals surface area contributed by atoms with E-state index in [0.29, 0.717) is 10.3 Å². The highest BCUT2D eigenvalue weighted by atomic mass is 31.1. The van der Waals surface area contributed by atoms with Crippen molar-refractivity contribution in [2.75, 3.05) is 24.6 Å². The fourth-order valence-electron chi connectivity index (χ4n) is 5.25. The fraction of sp³-hybridized carbons (Fsp3) is 0.750. The Morgan fingerprint density at radius 2 is 1.22 bits per heavy atom. The maximum Gasteiger partial charge on any atom is -0.0162 e. The minimum atomic E-state index is 0.00703. The van der Waals surface area contributed by atoms with Crippen LogP contribution in [0.1, 0.15) is 67.2 Å². The third kappa shape index (κ3) is 5.78. The van der Waals surface area contributed by atoms with Crippen LogP contribution < -0.4 is 5.30 Å². The largest absolute Gasteiger partial charge is 0.0976 e. The van der Waals surface area contributed by atoms with Crippen LogP contribution in [0.4, 0.5) is 0 Å². The summed E-state index contributed by atoms with van der Waals surface area (Å²) in [7, 11) is 0.402. The molecule has 0 bridgehead atoms. The highest BCUT2D eigenvalue weighted by Gasteiger charge is 2.39. The Morgan fingerprint density at radius 1 is 0.778 bits per heavy atom. The molecule has 0 amide bonds. The van der Waals surface area contributed by atoms with Gasteiger partial charge < -0.3 is 0 Å². The van der Waals surface area contributed by atoms with Crippen LogP contribution in [0.2, 0.25) is 0 Å². The van der Waals surface area contributed by atoms with Crippen molar-refractivity contribution in [1.29, 1.82) is 0 Å². The van der Waals surface area contributed by atoms with E-state index in [0.717, 1.165) is 11.3 Å². The summed E-state index contributed by atoms with van der Waals surface area (Å²) in [5.41, 5.74) is 2.04. The molecule has 0 aliphatic carbocycles. The molecule has 2 aliphatic heterocycles. The van der Waals surface area contributed by atoms with Crippen molar-refractivity contribution in [2.24, 2.45) is 0 Å². The van der Waals surface area contributed by atoms with Gasteiger partial charge in [-0.1, -0.05) is 95.6 Å². The second kappa shape index (κ2) is 9.11. The molecule has 2 fully saturated rings. The first-order chi connectivity index (χ1) is 12.7. The lowest BCUT2D eigenvalue weighted by Gasteiger charge is -2.38. The predicted molar refractivity (Wildman–Crippen MR) is 132 cm³/mol. The molecule has 0 N–H and O–H groups in total. The normalized spacial score (nSPS) is 29.6. The van der Waals surface area contributed by atoms with Crippen LogP contribution in [0.5, 0.6) is 0 Å². The van der Waals surface area contributed by atoms with E-state index in [-0.39, 0.29) is 23.8 Å². The first kappa shape index (κ1) is 22.2. The summed E-state index contributed by atoms with van der Waals surface area (Å²) in [6.07, 6.45) is 12.1. The van der Waals surface area contributed by atoms with Crippen molar-refractivity contribution in [1.82, 2.24) is 0 Å². The van der Waals surface area contributed by atoms with Crippen LogP contribution in [0, 0.1) is 0 Å². The molecule has 27 heavy (non-hydrogen) atoms. The van der Waals surface area contributed by atoms with Gasteiger partial charge in [-0.05, 0) is 77.3 Å². The Morgan fingerprint density at radius 3 is 1.63 bits per heavy atom. The van der Waals surface area contributed by atoms with Crippen LogP contribution in [-0.2, 0) is 0 Å². The molecule has 0 unspecified atom stereocenters. The quantitative estimate of drug-likeness (QED) is 0.427. The second-order valence-electron chi connectivity index (χ2n) is 10.6. The molecule has 152 valence electrons. The Hall–Kier alpha value is 0.510. The van der Waals surface area contributed by atoms with Crippen LogP contribution >= 0.6 is 23.8 Å². The summed E-state index contributed by atoms with van der Waals surface area (Å²) < 4.78 is 0. The molecule has 0 radical (unpaired) electrons. The Bertz CT molecular complexity index is 550. The molecule has 0 nitrogen and oxygen atoms in total. The summed E-state index contributed by atoms with van der Waals surface area (Å²) in [6, 6.07) is 11.7. The van der Waals surface area contributed by atoms with Crippen LogP contribution in [0.25, 0.3) is 0 Å². The molecule has 0 saturated carbocycles. The second-order valence-corrected chi connectivity index (χ2v) is 19.8. The molecule has 3 rings (SSSR count). The monoisotopic (exact) mass is 422 g/mol. The molecule has 2 heterocycles. The lowest BCUT2D eigenvalue weighted by atomic mass is 10.2. The van der Waals surface area contributed by atoms with E-state index in [1.165, 1.54) is 50.3 Å². The molecule has 1 aromatic rings. The van der Waals surface area contributed by atoms with E-state index in [9.17, 15) is 0 Å². The van der Waals surface area contributed by atoms with Gasteiger partial charge in [0.05, 0.1) is 0 Å². The van der Waals surface area contributed by atoms with E-state index in [2.05, 4.69) is 71.9 Å². The zero-order valence-corrected chi connectivity index (χ0v) is 21.2. The van der Waals surface area contributed by atoms with E-state index < -0.39 is 0 Å². The Kier molecular flexibility index (Phi) is 7.49. The average molecular weight is 423 g/mol. The number of hydrogen-bond acceptors (Lipinski definition) is 0. The van der Waals surface area contributed by atoms with Crippen molar-refractivity contribution >= 4 is 29.1 Å². The summed E-state index contributed by atoms with van der Waals surface area (Å²) >= 11 is 0. The third-order valence-electron chi connectivity index (χ3n) is 6.46. The SMILES string of the molecule is CC(C)(C)[P@@]1CCC[C@H]1CP(C[C@@H]1CCC[P@]1C(C)(C)C)c1ccccc1. The molecule has 3 heteroatoms. The van der Waals surface area contributed by atoms with Gasteiger partial charge in [0.15, 0.2) is 0 Å². The summed E-state index contributed by atoms with van der Waals surface area (Å²) in [5.74, 6) is 0. The molecule has 0 aromatic heterocycles. The maximum atomic E-state index is 2.51. The Balaban J connectivity index is 1.78. The summed E-state index contributed by atoms with van der Waals surface area (Å²) in [4.78, 5) is 0. The van der Waals surface area contributed by atoms with Gasteiger partial charge in [-0.3, -0.25) is 0 Å². The number of hydrogen-bond donors (Lipinski definition) is 0. The molecular weight excluding hydrogens is 381 g/mol. The highest BCUT2D eigenvalue weighted by Crippen LogP contribution is 2.64. The van der Waals surface area contributed by atoms with Crippen molar-refractivity contribution in [2.45, 2.75) is 88.9 Å². The van der Waals surface area contributed by atoms with Gasteiger partial charge in [0.2, 0.25) is 0 Å². The van der Waals surface area contributed by atoms with Crippen molar-refractivity contribution in [3.63, 3.8) is 0 Å². The van der Waals surface area contributed by atoms with Gasteiger partial charge >= 0.3 is 0 Å². The maximum absolute atomic E-state index is 2.51. The molecule has 1 aromatic carbocycles. The molecule has 2 aliphatic rings. The number of rotatable bonds is 5. The van der Waals surface area contributed by atoms with E-state index in [4.69, 9.17) is 0 Å². The molecule has 4 atom stereocenters. The van der Waals surface area contributed by atoms with Gasteiger partial charge in [-0.2, -0.15) is 0 Å². The zero-order valence-electron chi connectivity index (χ0n) is 18.5. The fourth-order valence-corrected chi connectivity index (χ4v) is 16.9. The first-order valence-corrected chi connectivity index (χ1v) is 15.9. The minimum Gasteiger partial charge on any atom is -0.0976 e. The predicted octanol–water partition coefficient (Wildman–Crippen LogP) is 7.68. The molecular formula is C24H41P3. The van der Waals surface area contributed by atoms with Crippen LogP contribution in [0.15, 0.2) is 30.3 Å². The van der Waals surface area contributed by atoms with Gasteiger partial charge in [0.25, 0.3) is 0 Å². The minimum absolute atomic E-state index is 0.00703. The van der Waals surface area contributed by atoms with Crippen molar-refractivity contribution in [3.8, 4) is 0 Å². The standard InChI is InChI=1S/C24H41P3/c1-23(2,3)26-16-10-14-21(26)18-25(20-12-8-7-9-13-20)19-22-15-11-17-27(22)24(4,5)6/h7-9,12-13,21-22H,10-11,14-19H2,1-6H3/t21-,22-,26-,27-/m0/s1. The highest BCUT2D eigenvalue weighted by molar-refractivity contribution is 7.69. The lowest BCUT2D eigenvalue weighted by Crippen LogP contribution is -2.25. The van der Waals surface area contributed by atoms with Gasteiger partial charge in [-0.15, -0.1) is 0 Å².